The Hall–Kier alpha value is -0.690. The number of aromatic nitrogens is 2. The lowest BCUT2D eigenvalue weighted by Crippen LogP contribution is -2.46. The first-order valence-corrected chi connectivity index (χ1v) is 8.38. The highest BCUT2D eigenvalue weighted by atomic mass is 79.9. The number of nitrogens with zero attached hydrogens (tertiary/aromatic N) is 4. The van der Waals surface area contributed by atoms with E-state index in [-0.39, 0.29) is 0 Å². The second-order valence-electron chi connectivity index (χ2n) is 4.67. The average Bonchev–Trinajstić information content (AvgIpc) is 2.85. The van der Waals surface area contributed by atoms with Crippen LogP contribution >= 0.6 is 38.9 Å². The van der Waals surface area contributed by atoms with Gasteiger partial charge in [0.25, 0.3) is 0 Å². The first-order chi connectivity index (χ1) is 9.70. The minimum atomic E-state index is 0.452. The summed E-state index contributed by atoms with van der Waals surface area (Å²) in [6.07, 6.45) is 3.34. The molecule has 0 atom stereocenters. The third-order valence-corrected chi connectivity index (χ3v) is 5.09. The zero-order valence-corrected chi connectivity index (χ0v) is 14.0. The number of hydrogen-bond donors (Lipinski definition) is 0. The van der Waals surface area contributed by atoms with Crippen molar-refractivity contribution >= 4 is 44.7 Å². The zero-order chi connectivity index (χ0) is 13.9. The quantitative estimate of drug-likeness (QED) is 0.826. The molecular weight excluding hydrogens is 360 g/mol. The van der Waals surface area contributed by atoms with Crippen LogP contribution in [-0.2, 0) is 6.54 Å². The normalized spacial score (nSPS) is 16.6. The predicted octanol–water partition coefficient (Wildman–Crippen LogP) is 3.28. The molecule has 3 heterocycles. The van der Waals surface area contributed by atoms with Crippen LogP contribution in [0.1, 0.15) is 4.88 Å². The van der Waals surface area contributed by atoms with E-state index in [9.17, 15) is 0 Å². The highest BCUT2D eigenvalue weighted by Crippen LogP contribution is 2.24. The lowest BCUT2D eigenvalue weighted by Gasteiger charge is -2.35. The summed E-state index contributed by atoms with van der Waals surface area (Å²) >= 11 is 11.2. The molecule has 1 aliphatic heterocycles. The predicted molar refractivity (Wildman–Crippen MR) is 86.6 cm³/mol. The van der Waals surface area contributed by atoms with Gasteiger partial charge in [-0.2, -0.15) is 0 Å². The molecule has 4 nitrogen and oxygen atoms in total. The Bertz CT molecular complexity index is 583. The van der Waals surface area contributed by atoms with Gasteiger partial charge in [0, 0.05) is 37.6 Å². The summed E-state index contributed by atoms with van der Waals surface area (Å²) in [5, 5.41) is 0.452. The van der Waals surface area contributed by atoms with Gasteiger partial charge >= 0.3 is 0 Å². The van der Waals surface area contributed by atoms with E-state index in [4.69, 9.17) is 11.6 Å². The third kappa shape index (κ3) is 3.49. The average molecular weight is 374 g/mol. The molecule has 20 heavy (non-hydrogen) atoms. The van der Waals surface area contributed by atoms with Crippen molar-refractivity contribution in [1.82, 2.24) is 14.9 Å². The zero-order valence-electron chi connectivity index (χ0n) is 10.8. The van der Waals surface area contributed by atoms with Gasteiger partial charge in [0.1, 0.15) is 11.0 Å². The summed E-state index contributed by atoms with van der Waals surface area (Å²) in [5.74, 6) is 0.871. The van der Waals surface area contributed by atoms with E-state index >= 15 is 0 Å². The van der Waals surface area contributed by atoms with Crippen LogP contribution in [0.2, 0.25) is 5.15 Å². The minimum absolute atomic E-state index is 0.452. The lowest BCUT2D eigenvalue weighted by atomic mass is 10.3. The highest BCUT2D eigenvalue weighted by molar-refractivity contribution is 9.11. The fourth-order valence-corrected chi connectivity index (χ4v) is 3.95. The molecule has 106 valence electrons. The maximum atomic E-state index is 5.89. The largest absolute Gasteiger partial charge is 0.353 e. The molecule has 3 rings (SSSR count). The van der Waals surface area contributed by atoms with E-state index in [0.29, 0.717) is 5.15 Å². The van der Waals surface area contributed by atoms with Crippen molar-refractivity contribution in [2.45, 2.75) is 6.54 Å². The van der Waals surface area contributed by atoms with Gasteiger partial charge in [0.2, 0.25) is 0 Å². The molecule has 0 bridgehead atoms. The van der Waals surface area contributed by atoms with Crippen LogP contribution in [-0.4, -0.2) is 41.0 Å². The maximum Gasteiger partial charge on any atom is 0.149 e. The molecule has 0 spiro atoms. The van der Waals surface area contributed by atoms with Gasteiger partial charge in [-0.15, -0.1) is 11.3 Å². The molecule has 1 saturated heterocycles. The summed E-state index contributed by atoms with van der Waals surface area (Å²) in [6, 6.07) is 4.29. The number of piperazine rings is 1. The van der Waals surface area contributed by atoms with Gasteiger partial charge in [0.05, 0.1) is 16.2 Å². The Labute approximate surface area is 135 Å². The number of anilines is 1. The van der Waals surface area contributed by atoms with Crippen molar-refractivity contribution in [1.29, 1.82) is 0 Å². The van der Waals surface area contributed by atoms with Crippen LogP contribution in [0.25, 0.3) is 0 Å². The minimum Gasteiger partial charge on any atom is -0.353 e. The number of rotatable bonds is 3. The van der Waals surface area contributed by atoms with Crippen molar-refractivity contribution in [3.63, 3.8) is 0 Å². The molecule has 1 fully saturated rings. The molecule has 0 saturated carbocycles. The molecule has 0 unspecified atom stereocenters. The summed E-state index contributed by atoms with van der Waals surface area (Å²) in [7, 11) is 0. The number of thiophene rings is 1. The summed E-state index contributed by atoms with van der Waals surface area (Å²) in [4.78, 5) is 14.5. The van der Waals surface area contributed by atoms with E-state index in [1.165, 1.54) is 8.66 Å². The molecule has 1 aliphatic rings. The van der Waals surface area contributed by atoms with Gasteiger partial charge in [-0.1, -0.05) is 11.6 Å². The van der Waals surface area contributed by atoms with Crippen LogP contribution in [0.5, 0.6) is 0 Å². The molecule has 0 aromatic carbocycles. The first-order valence-electron chi connectivity index (χ1n) is 6.40. The lowest BCUT2D eigenvalue weighted by molar-refractivity contribution is 0.251. The standard InChI is InChI=1S/C13H14BrClN4S/c14-11-2-1-10(20-11)9-18-3-5-19(6-4-18)13-8-16-7-12(15)17-13/h1-2,7-8H,3-6,9H2. The van der Waals surface area contributed by atoms with Gasteiger partial charge in [0.15, 0.2) is 0 Å². The van der Waals surface area contributed by atoms with E-state index in [2.05, 4.69) is 47.8 Å². The van der Waals surface area contributed by atoms with Crippen LogP contribution in [0, 0.1) is 0 Å². The van der Waals surface area contributed by atoms with Crippen LogP contribution in [0.15, 0.2) is 28.3 Å². The molecule has 2 aromatic rings. The van der Waals surface area contributed by atoms with E-state index in [1.807, 2.05) is 0 Å². The van der Waals surface area contributed by atoms with Gasteiger partial charge in [-0.25, -0.2) is 4.98 Å². The van der Waals surface area contributed by atoms with Crippen LogP contribution < -0.4 is 4.90 Å². The van der Waals surface area contributed by atoms with Crippen molar-refractivity contribution in [3.8, 4) is 0 Å². The van der Waals surface area contributed by atoms with Crippen molar-refractivity contribution < 1.29 is 0 Å². The summed E-state index contributed by atoms with van der Waals surface area (Å²) in [6.45, 7) is 5.00. The van der Waals surface area contributed by atoms with Crippen LogP contribution in [0.3, 0.4) is 0 Å². The summed E-state index contributed by atoms with van der Waals surface area (Å²) < 4.78 is 1.19. The smallest absolute Gasteiger partial charge is 0.149 e. The summed E-state index contributed by atoms with van der Waals surface area (Å²) in [5.41, 5.74) is 0. The van der Waals surface area contributed by atoms with Gasteiger partial charge in [-0.05, 0) is 28.1 Å². The second kappa shape index (κ2) is 6.39. The molecule has 7 heteroatoms. The van der Waals surface area contributed by atoms with Gasteiger partial charge < -0.3 is 4.90 Å². The van der Waals surface area contributed by atoms with Crippen molar-refractivity contribution in [2.75, 3.05) is 31.1 Å². The molecule has 0 aliphatic carbocycles. The first kappa shape index (κ1) is 14.3. The highest BCUT2D eigenvalue weighted by Gasteiger charge is 2.18. The SMILES string of the molecule is Clc1cncc(N2CCN(Cc3ccc(Br)s3)CC2)n1. The molecular formula is C13H14BrClN4S. The fraction of sp³-hybridized carbons (Fsp3) is 0.385. The van der Waals surface area contributed by atoms with E-state index in [1.54, 1.807) is 23.7 Å². The van der Waals surface area contributed by atoms with Crippen LogP contribution in [0.4, 0.5) is 5.82 Å². The molecule has 0 radical (unpaired) electrons. The monoisotopic (exact) mass is 372 g/mol. The van der Waals surface area contributed by atoms with Crippen molar-refractivity contribution in [3.05, 3.63) is 38.3 Å². The topological polar surface area (TPSA) is 32.3 Å². The Morgan fingerprint density at radius 1 is 1.20 bits per heavy atom. The Balaban J connectivity index is 1.57. The number of hydrogen-bond acceptors (Lipinski definition) is 5. The van der Waals surface area contributed by atoms with E-state index < -0.39 is 0 Å². The maximum absolute atomic E-state index is 5.89. The Morgan fingerprint density at radius 3 is 2.65 bits per heavy atom. The molecule has 0 N–H and O–H groups in total. The number of halogens is 2. The third-order valence-electron chi connectivity index (χ3n) is 3.30. The van der Waals surface area contributed by atoms with Gasteiger partial charge in [-0.3, -0.25) is 9.88 Å². The van der Waals surface area contributed by atoms with Crippen molar-refractivity contribution in [2.24, 2.45) is 0 Å². The second-order valence-corrected chi connectivity index (χ2v) is 7.60. The fourth-order valence-electron chi connectivity index (χ4n) is 2.28. The van der Waals surface area contributed by atoms with E-state index in [0.717, 1.165) is 38.5 Å². The molecule has 0 amide bonds. The Morgan fingerprint density at radius 2 is 2.00 bits per heavy atom. The molecule has 2 aromatic heterocycles. The Kier molecular flexibility index (Phi) is 4.55.